The summed E-state index contributed by atoms with van der Waals surface area (Å²) in [7, 11) is 0. The van der Waals surface area contributed by atoms with E-state index in [0.29, 0.717) is 6.42 Å². The number of carboxylic acid groups (broad SMARTS) is 2. The second-order valence-corrected chi connectivity index (χ2v) is 3.26. The number of aliphatic carboxylic acids is 2. The van der Waals surface area contributed by atoms with Gasteiger partial charge in [0, 0.05) is 5.54 Å². The second kappa shape index (κ2) is 2.75. The van der Waals surface area contributed by atoms with Crippen molar-refractivity contribution in [3.8, 4) is 0 Å². The van der Waals surface area contributed by atoms with Crippen LogP contribution in [0.15, 0.2) is 0 Å². The highest BCUT2D eigenvalue weighted by Crippen LogP contribution is 2.42. The maximum Gasteiger partial charge on any atom is 0.317 e. The third kappa shape index (κ3) is 1.73. The molecule has 12 heavy (non-hydrogen) atoms. The molecule has 0 radical (unpaired) electrons. The van der Waals surface area contributed by atoms with Gasteiger partial charge in [-0.15, -0.1) is 0 Å². The van der Waals surface area contributed by atoms with Crippen LogP contribution in [0.5, 0.6) is 0 Å². The molecule has 0 aromatic heterocycles. The lowest BCUT2D eigenvalue weighted by atomic mass is 10.2. The summed E-state index contributed by atoms with van der Waals surface area (Å²) in [6, 6.07) is 0. The number of carboxylic acids is 2. The Morgan fingerprint density at radius 3 is 2.50 bits per heavy atom. The summed E-state index contributed by atoms with van der Waals surface area (Å²) in [5, 5.41) is 19.6. The minimum Gasteiger partial charge on any atom is -0.481 e. The van der Waals surface area contributed by atoms with Gasteiger partial charge in [0.15, 0.2) is 0 Å². The Hall–Kier alpha value is -1.10. The van der Waals surface area contributed by atoms with Crippen LogP contribution < -0.4 is 5.32 Å². The zero-order valence-electron chi connectivity index (χ0n) is 6.70. The molecule has 5 heteroatoms. The number of hydrogen-bond donors (Lipinski definition) is 3. The Bertz CT molecular complexity index is 227. The first kappa shape index (κ1) is 8.99. The molecule has 0 heterocycles. The number of carbonyl (C=O) groups is 2. The molecule has 0 saturated heterocycles. The van der Waals surface area contributed by atoms with E-state index >= 15 is 0 Å². The van der Waals surface area contributed by atoms with Gasteiger partial charge in [0.1, 0.15) is 0 Å². The quantitative estimate of drug-likeness (QED) is 0.534. The van der Waals surface area contributed by atoms with Crippen LogP contribution in [-0.2, 0) is 9.59 Å². The standard InChI is InChI=1S/C7H11NO4/c1-7(8-3-5(9)10)2-4(7)6(11)12/h4,8H,2-3H2,1H3,(H,9,10)(H,11,12). The fraction of sp³-hybridized carbons (Fsp3) is 0.714. The van der Waals surface area contributed by atoms with Gasteiger partial charge in [-0.2, -0.15) is 0 Å². The Labute approximate surface area is 69.4 Å². The summed E-state index contributed by atoms with van der Waals surface area (Å²) >= 11 is 0. The van der Waals surface area contributed by atoms with Gasteiger partial charge in [-0.3, -0.25) is 9.59 Å². The van der Waals surface area contributed by atoms with E-state index in [9.17, 15) is 9.59 Å². The van der Waals surface area contributed by atoms with Crippen molar-refractivity contribution < 1.29 is 19.8 Å². The fourth-order valence-electron chi connectivity index (χ4n) is 1.20. The molecule has 0 bridgehead atoms. The Morgan fingerprint density at radius 2 is 2.17 bits per heavy atom. The first-order chi connectivity index (χ1) is 5.46. The van der Waals surface area contributed by atoms with E-state index in [2.05, 4.69) is 5.32 Å². The molecule has 2 atom stereocenters. The molecule has 68 valence electrons. The number of nitrogens with one attached hydrogen (secondary N) is 1. The molecule has 2 unspecified atom stereocenters. The highest BCUT2D eigenvalue weighted by molar-refractivity contribution is 5.76. The van der Waals surface area contributed by atoms with Crippen LogP contribution in [0.3, 0.4) is 0 Å². The van der Waals surface area contributed by atoms with Crippen molar-refractivity contribution in [2.45, 2.75) is 18.9 Å². The van der Waals surface area contributed by atoms with Gasteiger partial charge < -0.3 is 15.5 Å². The molecular weight excluding hydrogens is 162 g/mol. The largest absolute Gasteiger partial charge is 0.481 e. The van der Waals surface area contributed by atoms with E-state index in [0.717, 1.165) is 0 Å². The molecule has 1 rings (SSSR count). The molecule has 0 aliphatic heterocycles. The van der Waals surface area contributed by atoms with Crippen LogP contribution in [-0.4, -0.2) is 34.2 Å². The summed E-state index contributed by atoms with van der Waals surface area (Å²) in [4.78, 5) is 20.6. The number of rotatable bonds is 4. The third-order valence-electron chi connectivity index (χ3n) is 2.18. The molecule has 3 N–H and O–H groups in total. The summed E-state index contributed by atoms with van der Waals surface area (Å²) in [6.07, 6.45) is 0.510. The fourth-order valence-corrected chi connectivity index (χ4v) is 1.20. The summed E-state index contributed by atoms with van der Waals surface area (Å²) in [6.45, 7) is 1.54. The van der Waals surface area contributed by atoms with E-state index in [1.807, 2.05) is 0 Å². The average molecular weight is 173 g/mol. The van der Waals surface area contributed by atoms with Crippen LogP contribution in [0.1, 0.15) is 13.3 Å². The molecule has 0 aromatic carbocycles. The van der Waals surface area contributed by atoms with Crippen molar-refractivity contribution in [2.24, 2.45) is 5.92 Å². The first-order valence-corrected chi connectivity index (χ1v) is 3.65. The van der Waals surface area contributed by atoms with E-state index in [1.54, 1.807) is 6.92 Å². The van der Waals surface area contributed by atoms with Gasteiger partial charge in [-0.05, 0) is 13.3 Å². The van der Waals surface area contributed by atoms with E-state index in [1.165, 1.54) is 0 Å². The molecular formula is C7H11NO4. The van der Waals surface area contributed by atoms with Crippen molar-refractivity contribution in [1.29, 1.82) is 0 Å². The van der Waals surface area contributed by atoms with Crippen LogP contribution in [0, 0.1) is 5.92 Å². The van der Waals surface area contributed by atoms with Gasteiger partial charge in [0.25, 0.3) is 0 Å². The van der Waals surface area contributed by atoms with Gasteiger partial charge in [0.2, 0.25) is 0 Å². The Morgan fingerprint density at radius 1 is 1.58 bits per heavy atom. The monoisotopic (exact) mass is 173 g/mol. The zero-order valence-corrected chi connectivity index (χ0v) is 6.70. The van der Waals surface area contributed by atoms with Crippen LogP contribution in [0.4, 0.5) is 0 Å². The van der Waals surface area contributed by atoms with E-state index < -0.39 is 23.4 Å². The third-order valence-corrected chi connectivity index (χ3v) is 2.18. The van der Waals surface area contributed by atoms with Crippen molar-refractivity contribution in [3.63, 3.8) is 0 Å². The first-order valence-electron chi connectivity index (χ1n) is 3.65. The lowest BCUT2D eigenvalue weighted by Gasteiger charge is -2.09. The minimum absolute atomic E-state index is 0.180. The highest BCUT2D eigenvalue weighted by atomic mass is 16.4. The van der Waals surface area contributed by atoms with E-state index in [-0.39, 0.29) is 6.54 Å². The van der Waals surface area contributed by atoms with Gasteiger partial charge in [-0.25, -0.2) is 0 Å². The van der Waals surface area contributed by atoms with Crippen LogP contribution in [0.25, 0.3) is 0 Å². The predicted molar refractivity (Wildman–Crippen MR) is 39.8 cm³/mol. The normalized spacial score (nSPS) is 32.9. The van der Waals surface area contributed by atoms with Gasteiger partial charge in [0.05, 0.1) is 12.5 Å². The Kier molecular flexibility index (Phi) is 2.06. The minimum atomic E-state index is -0.965. The van der Waals surface area contributed by atoms with Gasteiger partial charge >= 0.3 is 11.9 Å². The van der Waals surface area contributed by atoms with Crippen molar-refractivity contribution >= 4 is 11.9 Å². The molecule has 0 amide bonds. The number of hydrogen-bond acceptors (Lipinski definition) is 3. The molecule has 0 aromatic rings. The van der Waals surface area contributed by atoms with Gasteiger partial charge in [-0.1, -0.05) is 0 Å². The molecule has 1 fully saturated rings. The molecule has 5 nitrogen and oxygen atoms in total. The average Bonchev–Trinajstić information content (AvgIpc) is 2.60. The summed E-state index contributed by atoms with van der Waals surface area (Å²) in [5.41, 5.74) is -0.510. The summed E-state index contributed by atoms with van der Waals surface area (Å²) < 4.78 is 0. The molecule has 1 saturated carbocycles. The molecule has 1 aliphatic rings. The second-order valence-electron chi connectivity index (χ2n) is 3.26. The highest BCUT2D eigenvalue weighted by Gasteiger charge is 2.54. The molecule has 0 spiro atoms. The van der Waals surface area contributed by atoms with Crippen LogP contribution >= 0.6 is 0 Å². The lowest BCUT2D eigenvalue weighted by Crippen LogP contribution is -2.36. The van der Waals surface area contributed by atoms with Crippen molar-refractivity contribution in [1.82, 2.24) is 5.32 Å². The predicted octanol–water partition coefficient (Wildman–Crippen LogP) is -0.476. The maximum absolute atomic E-state index is 10.4. The summed E-state index contributed by atoms with van der Waals surface area (Å²) in [5.74, 6) is -2.26. The molecule has 1 aliphatic carbocycles. The lowest BCUT2D eigenvalue weighted by molar-refractivity contribution is -0.140. The SMILES string of the molecule is CC1(NCC(=O)O)CC1C(=O)O. The van der Waals surface area contributed by atoms with Crippen molar-refractivity contribution in [2.75, 3.05) is 6.54 Å². The maximum atomic E-state index is 10.4. The van der Waals surface area contributed by atoms with Crippen LogP contribution in [0.2, 0.25) is 0 Å². The Balaban J connectivity index is 2.35. The van der Waals surface area contributed by atoms with Crippen molar-refractivity contribution in [3.05, 3.63) is 0 Å². The van der Waals surface area contributed by atoms with E-state index in [4.69, 9.17) is 10.2 Å². The topological polar surface area (TPSA) is 86.6 Å². The smallest absolute Gasteiger partial charge is 0.317 e. The zero-order chi connectivity index (χ0) is 9.35.